The van der Waals surface area contributed by atoms with Crippen molar-refractivity contribution in [2.24, 2.45) is 11.7 Å². The maximum absolute atomic E-state index is 12.1. The Balaban J connectivity index is 0.00000361. The molecule has 0 aromatic rings. The van der Waals surface area contributed by atoms with E-state index in [9.17, 15) is 9.59 Å². The fourth-order valence-electron chi connectivity index (χ4n) is 2.45. The number of nitrogens with zero attached hydrogens (tertiary/aromatic N) is 1. The lowest BCUT2D eigenvalue weighted by Crippen LogP contribution is -2.50. The summed E-state index contributed by atoms with van der Waals surface area (Å²) in [7, 11) is 0. The minimum Gasteiger partial charge on any atom is -0.356 e. The summed E-state index contributed by atoms with van der Waals surface area (Å²) in [6.45, 7) is 6.00. The number of rotatable bonds is 6. The molecule has 2 amide bonds. The second-order valence-electron chi connectivity index (χ2n) is 5.31. The largest absolute Gasteiger partial charge is 0.356 e. The van der Waals surface area contributed by atoms with Crippen LogP contribution in [0.3, 0.4) is 0 Å². The van der Waals surface area contributed by atoms with E-state index >= 15 is 0 Å². The molecule has 5 nitrogen and oxygen atoms in total. The van der Waals surface area contributed by atoms with E-state index in [-0.39, 0.29) is 30.1 Å². The molecular weight excluding hydrogens is 278 g/mol. The van der Waals surface area contributed by atoms with Crippen molar-refractivity contribution >= 4 is 24.2 Å². The minimum absolute atomic E-state index is 0. The van der Waals surface area contributed by atoms with Gasteiger partial charge in [-0.25, -0.2) is 0 Å². The summed E-state index contributed by atoms with van der Waals surface area (Å²) in [6, 6.07) is -0.414. The first-order chi connectivity index (χ1) is 9.10. The molecule has 0 spiro atoms. The molecule has 1 rings (SSSR count). The second-order valence-corrected chi connectivity index (χ2v) is 5.31. The fraction of sp³-hybridized carbons (Fsp3) is 0.857. The first-order valence-corrected chi connectivity index (χ1v) is 7.42. The molecule has 118 valence electrons. The third kappa shape index (κ3) is 5.67. The van der Waals surface area contributed by atoms with Crippen LogP contribution in [0, 0.1) is 5.92 Å². The molecule has 20 heavy (non-hydrogen) atoms. The summed E-state index contributed by atoms with van der Waals surface area (Å²) < 4.78 is 0. The Labute approximate surface area is 128 Å². The number of nitrogens with one attached hydrogen (secondary N) is 1. The van der Waals surface area contributed by atoms with E-state index in [4.69, 9.17) is 5.73 Å². The zero-order chi connectivity index (χ0) is 14.3. The highest BCUT2D eigenvalue weighted by molar-refractivity contribution is 5.85. The molecule has 0 aliphatic carbocycles. The fourth-order valence-corrected chi connectivity index (χ4v) is 2.45. The van der Waals surface area contributed by atoms with Gasteiger partial charge in [0.15, 0.2) is 0 Å². The van der Waals surface area contributed by atoms with Crippen molar-refractivity contribution in [3.05, 3.63) is 0 Å². The maximum atomic E-state index is 12.1. The van der Waals surface area contributed by atoms with Gasteiger partial charge in [-0.3, -0.25) is 9.59 Å². The Bertz CT molecular complexity index is 313. The average Bonchev–Trinajstić information content (AvgIpc) is 2.44. The summed E-state index contributed by atoms with van der Waals surface area (Å²) in [5.74, 6) is -0.00340. The molecule has 1 aliphatic rings. The number of hydrogen-bond donors (Lipinski definition) is 2. The van der Waals surface area contributed by atoms with Crippen LogP contribution in [0.25, 0.3) is 0 Å². The highest BCUT2D eigenvalue weighted by Crippen LogP contribution is 2.17. The van der Waals surface area contributed by atoms with Gasteiger partial charge in [0.25, 0.3) is 0 Å². The molecule has 1 heterocycles. The summed E-state index contributed by atoms with van der Waals surface area (Å²) in [4.78, 5) is 25.8. The Morgan fingerprint density at radius 2 is 2.05 bits per heavy atom. The number of carbonyl (C=O) groups excluding carboxylic acids is 2. The van der Waals surface area contributed by atoms with Crippen LogP contribution < -0.4 is 11.1 Å². The molecule has 0 bridgehead atoms. The minimum atomic E-state index is -0.414. The Hall–Kier alpha value is -0.810. The van der Waals surface area contributed by atoms with Crippen molar-refractivity contribution < 1.29 is 9.59 Å². The molecule has 2 atom stereocenters. The third-order valence-electron chi connectivity index (χ3n) is 3.57. The van der Waals surface area contributed by atoms with E-state index in [1.54, 1.807) is 4.90 Å². The Kier molecular flexibility index (Phi) is 9.59. The molecular formula is C14H28ClN3O2. The number of nitrogens with two attached hydrogens (primary N) is 1. The first-order valence-electron chi connectivity index (χ1n) is 7.42. The highest BCUT2D eigenvalue weighted by atomic mass is 35.5. The average molecular weight is 306 g/mol. The van der Waals surface area contributed by atoms with E-state index in [1.165, 1.54) is 0 Å². The van der Waals surface area contributed by atoms with Crippen LogP contribution >= 0.6 is 12.4 Å². The predicted molar refractivity (Wildman–Crippen MR) is 82.7 cm³/mol. The number of carbonyl (C=O) groups is 2. The van der Waals surface area contributed by atoms with Crippen molar-refractivity contribution in [3.63, 3.8) is 0 Å². The van der Waals surface area contributed by atoms with Crippen LogP contribution in [0.4, 0.5) is 0 Å². The highest BCUT2D eigenvalue weighted by Gasteiger charge is 2.30. The van der Waals surface area contributed by atoms with Gasteiger partial charge in [0, 0.05) is 19.6 Å². The van der Waals surface area contributed by atoms with Gasteiger partial charge in [0.05, 0.1) is 12.0 Å². The number of halogens is 1. The quantitative estimate of drug-likeness (QED) is 0.776. The third-order valence-corrected chi connectivity index (χ3v) is 3.57. The molecule has 2 unspecified atom stereocenters. The van der Waals surface area contributed by atoms with Crippen molar-refractivity contribution in [2.75, 3.05) is 19.6 Å². The van der Waals surface area contributed by atoms with E-state index in [0.29, 0.717) is 19.5 Å². The topological polar surface area (TPSA) is 75.4 Å². The van der Waals surface area contributed by atoms with Gasteiger partial charge in [-0.2, -0.15) is 0 Å². The predicted octanol–water partition coefficient (Wildman–Crippen LogP) is 1.30. The second kappa shape index (κ2) is 10.00. The summed E-state index contributed by atoms with van der Waals surface area (Å²) in [5.41, 5.74) is 5.87. The Morgan fingerprint density at radius 3 is 2.65 bits per heavy atom. The lowest BCUT2D eigenvalue weighted by molar-refractivity contribution is -0.137. The zero-order valence-corrected chi connectivity index (χ0v) is 13.4. The van der Waals surface area contributed by atoms with Gasteiger partial charge in [-0.05, 0) is 25.7 Å². The van der Waals surface area contributed by atoms with Crippen molar-refractivity contribution in [1.82, 2.24) is 10.2 Å². The van der Waals surface area contributed by atoms with Crippen LogP contribution in [0.5, 0.6) is 0 Å². The normalized spacial score (nSPS) is 19.9. The van der Waals surface area contributed by atoms with E-state index in [1.807, 2.05) is 13.8 Å². The van der Waals surface area contributed by atoms with Gasteiger partial charge in [-0.1, -0.05) is 20.3 Å². The molecule has 6 heteroatoms. The first kappa shape index (κ1) is 19.2. The van der Waals surface area contributed by atoms with Crippen LogP contribution in [-0.2, 0) is 9.59 Å². The standard InChI is InChI=1S/C14H27N3O2.ClH/c1-3-6-12(15)14(19)17-9-5-7-11(10-17)13(18)16-8-4-2;/h11-12H,3-10,15H2,1-2H3,(H,16,18);1H. The maximum Gasteiger partial charge on any atom is 0.239 e. The molecule has 0 saturated carbocycles. The number of amides is 2. The van der Waals surface area contributed by atoms with Gasteiger partial charge >= 0.3 is 0 Å². The molecule has 0 radical (unpaired) electrons. The molecule has 1 saturated heterocycles. The number of likely N-dealkylation sites (tertiary alicyclic amines) is 1. The van der Waals surface area contributed by atoms with Gasteiger partial charge in [0.2, 0.25) is 11.8 Å². The van der Waals surface area contributed by atoms with E-state index < -0.39 is 6.04 Å². The van der Waals surface area contributed by atoms with Crippen LogP contribution in [0.2, 0.25) is 0 Å². The number of hydrogen-bond acceptors (Lipinski definition) is 3. The van der Waals surface area contributed by atoms with Crippen molar-refractivity contribution in [2.45, 2.75) is 52.0 Å². The SMILES string of the molecule is CCCNC(=O)C1CCCN(C(=O)C(N)CCC)C1.Cl. The van der Waals surface area contributed by atoms with Gasteiger partial charge in [0.1, 0.15) is 0 Å². The zero-order valence-electron chi connectivity index (χ0n) is 12.6. The summed E-state index contributed by atoms with van der Waals surface area (Å²) in [5, 5.41) is 2.91. The van der Waals surface area contributed by atoms with E-state index in [0.717, 1.165) is 32.2 Å². The smallest absolute Gasteiger partial charge is 0.239 e. The van der Waals surface area contributed by atoms with Crippen molar-refractivity contribution in [1.29, 1.82) is 0 Å². The van der Waals surface area contributed by atoms with Crippen LogP contribution in [0.15, 0.2) is 0 Å². The monoisotopic (exact) mass is 305 g/mol. The lowest BCUT2D eigenvalue weighted by Gasteiger charge is -2.33. The van der Waals surface area contributed by atoms with Crippen LogP contribution in [-0.4, -0.2) is 42.4 Å². The van der Waals surface area contributed by atoms with Crippen LogP contribution in [0.1, 0.15) is 46.0 Å². The molecule has 1 aliphatic heterocycles. The summed E-state index contributed by atoms with van der Waals surface area (Å²) >= 11 is 0. The Morgan fingerprint density at radius 1 is 1.35 bits per heavy atom. The van der Waals surface area contributed by atoms with E-state index in [2.05, 4.69) is 5.32 Å². The molecule has 0 aromatic heterocycles. The van der Waals surface area contributed by atoms with Crippen molar-refractivity contribution in [3.8, 4) is 0 Å². The number of piperidine rings is 1. The van der Waals surface area contributed by atoms with Gasteiger partial charge in [-0.15, -0.1) is 12.4 Å². The summed E-state index contributed by atoms with van der Waals surface area (Å²) in [6.07, 6.45) is 4.29. The van der Waals surface area contributed by atoms with Gasteiger partial charge < -0.3 is 16.0 Å². The molecule has 1 fully saturated rings. The lowest BCUT2D eigenvalue weighted by atomic mass is 9.96. The molecule has 0 aromatic carbocycles. The molecule has 3 N–H and O–H groups in total.